The highest BCUT2D eigenvalue weighted by Gasteiger charge is 2.22. The highest BCUT2D eigenvalue weighted by Crippen LogP contribution is 2.21. The van der Waals surface area contributed by atoms with Crippen LogP contribution < -0.4 is 9.64 Å². The summed E-state index contributed by atoms with van der Waals surface area (Å²) in [6.45, 7) is 5.28. The van der Waals surface area contributed by atoms with Gasteiger partial charge in [-0.25, -0.2) is 4.98 Å². The molecule has 0 bridgehead atoms. The fourth-order valence-corrected chi connectivity index (χ4v) is 3.73. The van der Waals surface area contributed by atoms with E-state index in [1.54, 1.807) is 18.4 Å². The molecule has 1 aliphatic rings. The van der Waals surface area contributed by atoms with Gasteiger partial charge in [0.25, 0.3) is 0 Å². The first kappa shape index (κ1) is 16.8. The Hall–Kier alpha value is -2.08. The number of carbonyl (C=O) groups excluding carboxylic acids is 1. The molecule has 0 spiro atoms. The smallest absolute Gasteiger partial charge is 0.223 e. The molecule has 24 heavy (non-hydrogen) atoms. The first-order valence-corrected chi connectivity index (χ1v) is 9.11. The van der Waals surface area contributed by atoms with Crippen LogP contribution in [0.3, 0.4) is 0 Å². The van der Waals surface area contributed by atoms with Gasteiger partial charge in [0.2, 0.25) is 5.91 Å². The quantitative estimate of drug-likeness (QED) is 0.836. The molecule has 0 atom stereocenters. The monoisotopic (exact) mass is 345 g/mol. The van der Waals surface area contributed by atoms with Crippen molar-refractivity contribution >= 4 is 22.4 Å². The molecule has 0 unspecified atom stereocenters. The van der Waals surface area contributed by atoms with Gasteiger partial charge in [-0.05, 0) is 31.0 Å². The standard InChI is InChI=1S/C18H23N3O2S/c1-14-13-24-18(19-14)21-10-8-20(9-11-21)17(22)7-6-15-4-3-5-16(12-15)23-2/h3-5,12-13H,6-11H2,1-2H3. The molecule has 0 radical (unpaired) electrons. The third kappa shape index (κ3) is 4.06. The molecule has 3 rings (SSSR count). The van der Waals surface area contributed by atoms with Crippen molar-refractivity contribution < 1.29 is 9.53 Å². The molecule has 128 valence electrons. The molecular formula is C18H23N3O2S. The van der Waals surface area contributed by atoms with Crippen molar-refractivity contribution in [2.24, 2.45) is 0 Å². The minimum absolute atomic E-state index is 0.229. The lowest BCUT2D eigenvalue weighted by Crippen LogP contribution is -2.48. The van der Waals surface area contributed by atoms with Gasteiger partial charge >= 0.3 is 0 Å². The first-order chi connectivity index (χ1) is 11.7. The second kappa shape index (κ2) is 7.66. The Morgan fingerprint density at radius 3 is 2.75 bits per heavy atom. The zero-order valence-electron chi connectivity index (χ0n) is 14.2. The number of ether oxygens (including phenoxy) is 1. The molecule has 0 aliphatic carbocycles. The fourth-order valence-electron chi connectivity index (χ4n) is 2.87. The van der Waals surface area contributed by atoms with Gasteiger partial charge < -0.3 is 14.5 Å². The highest BCUT2D eigenvalue weighted by molar-refractivity contribution is 7.13. The van der Waals surface area contributed by atoms with Crippen molar-refractivity contribution in [1.29, 1.82) is 0 Å². The van der Waals surface area contributed by atoms with Crippen LogP contribution >= 0.6 is 11.3 Å². The Morgan fingerprint density at radius 2 is 2.08 bits per heavy atom. The lowest BCUT2D eigenvalue weighted by molar-refractivity contribution is -0.131. The number of thiazole rings is 1. The van der Waals surface area contributed by atoms with E-state index in [-0.39, 0.29) is 5.91 Å². The number of piperazine rings is 1. The number of aryl methyl sites for hydroxylation is 2. The van der Waals surface area contributed by atoms with Gasteiger partial charge in [-0.15, -0.1) is 11.3 Å². The van der Waals surface area contributed by atoms with E-state index >= 15 is 0 Å². The second-order valence-electron chi connectivity index (χ2n) is 5.99. The molecule has 1 amide bonds. The predicted molar refractivity (Wildman–Crippen MR) is 97.0 cm³/mol. The van der Waals surface area contributed by atoms with Crippen LogP contribution in [0.25, 0.3) is 0 Å². The van der Waals surface area contributed by atoms with E-state index in [1.807, 2.05) is 36.1 Å². The number of hydrogen-bond acceptors (Lipinski definition) is 5. The molecule has 0 N–H and O–H groups in total. The number of amides is 1. The van der Waals surface area contributed by atoms with Crippen molar-refractivity contribution in [3.05, 3.63) is 40.9 Å². The van der Waals surface area contributed by atoms with Crippen molar-refractivity contribution in [3.63, 3.8) is 0 Å². The molecule has 1 fully saturated rings. The van der Waals surface area contributed by atoms with Crippen molar-refractivity contribution in [3.8, 4) is 5.75 Å². The van der Waals surface area contributed by atoms with Crippen LogP contribution in [-0.4, -0.2) is 49.1 Å². The van der Waals surface area contributed by atoms with E-state index in [2.05, 4.69) is 15.3 Å². The van der Waals surface area contributed by atoms with E-state index in [1.165, 1.54) is 0 Å². The number of methoxy groups -OCH3 is 1. The second-order valence-corrected chi connectivity index (χ2v) is 6.83. The average molecular weight is 345 g/mol. The predicted octanol–water partition coefficient (Wildman–Crippen LogP) is 2.74. The van der Waals surface area contributed by atoms with E-state index in [0.717, 1.165) is 54.7 Å². The SMILES string of the molecule is COc1cccc(CCC(=O)N2CCN(c3nc(C)cs3)CC2)c1. The zero-order chi connectivity index (χ0) is 16.9. The van der Waals surface area contributed by atoms with Crippen molar-refractivity contribution in [2.45, 2.75) is 19.8 Å². The molecule has 1 aromatic carbocycles. The van der Waals surface area contributed by atoms with E-state index in [0.29, 0.717) is 6.42 Å². The fraction of sp³-hybridized carbons (Fsp3) is 0.444. The largest absolute Gasteiger partial charge is 0.497 e. The summed E-state index contributed by atoms with van der Waals surface area (Å²) in [4.78, 5) is 21.2. The van der Waals surface area contributed by atoms with Gasteiger partial charge in [0.1, 0.15) is 5.75 Å². The molecule has 1 saturated heterocycles. The third-order valence-electron chi connectivity index (χ3n) is 4.27. The average Bonchev–Trinajstić information content (AvgIpc) is 3.06. The van der Waals surface area contributed by atoms with Gasteiger partial charge in [0.15, 0.2) is 5.13 Å². The summed E-state index contributed by atoms with van der Waals surface area (Å²) in [6, 6.07) is 7.92. The minimum Gasteiger partial charge on any atom is -0.497 e. The minimum atomic E-state index is 0.229. The van der Waals surface area contributed by atoms with Crippen LogP contribution in [0.1, 0.15) is 17.7 Å². The lowest BCUT2D eigenvalue weighted by Gasteiger charge is -2.34. The van der Waals surface area contributed by atoms with Crippen LogP contribution in [0.2, 0.25) is 0 Å². The summed E-state index contributed by atoms with van der Waals surface area (Å²) in [6.07, 6.45) is 1.30. The molecule has 1 aromatic heterocycles. The Bertz CT molecular complexity index is 693. The number of rotatable bonds is 5. The number of nitrogens with zero attached hydrogens (tertiary/aromatic N) is 3. The summed E-state index contributed by atoms with van der Waals surface area (Å²) >= 11 is 1.68. The molecule has 0 saturated carbocycles. The summed E-state index contributed by atoms with van der Waals surface area (Å²) in [7, 11) is 1.66. The van der Waals surface area contributed by atoms with Gasteiger partial charge in [0, 0.05) is 38.0 Å². The molecule has 2 heterocycles. The molecule has 2 aromatic rings. The number of anilines is 1. The Morgan fingerprint density at radius 1 is 1.29 bits per heavy atom. The summed E-state index contributed by atoms with van der Waals surface area (Å²) in [5.74, 6) is 1.07. The van der Waals surface area contributed by atoms with Crippen LogP contribution in [0.4, 0.5) is 5.13 Å². The maximum Gasteiger partial charge on any atom is 0.223 e. The Labute approximate surface area is 146 Å². The van der Waals surface area contributed by atoms with Crippen LogP contribution in [0, 0.1) is 6.92 Å². The number of carbonyl (C=O) groups is 1. The van der Waals surface area contributed by atoms with Crippen molar-refractivity contribution in [1.82, 2.24) is 9.88 Å². The number of hydrogen-bond donors (Lipinski definition) is 0. The summed E-state index contributed by atoms with van der Waals surface area (Å²) < 4.78 is 5.23. The Kier molecular flexibility index (Phi) is 5.35. The maximum atomic E-state index is 12.4. The number of aromatic nitrogens is 1. The van der Waals surface area contributed by atoms with Crippen LogP contribution in [-0.2, 0) is 11.2 Å². The highest BCUT2D eigenvalue weighted by atomic mass is 32.1. The third-order valence-corrected chi connectivity index (χ3v) is 5.29. The maximum absolute atomic E-state index is 12.4. The molecular weight excluding hydrogens is 322 g/mol. The van der Waals surface area contributed by atoms with Crippen LogP contribution in [0.15, 0.2) is 29.6 Å². The van der Waals surface area contributed by atoms with Gasteiger partial charge in [-0.1, -0.05) is 12.1 Å². The summed E-state index contributed by atoms with van der Waals surface area (Å²) in [5, 5.41) is 3.14. The zero-order valence-corrected chi connectivity index (χ0v) is 15.0. The molecule has 5 nitrogen and oxygen atoms in total. The van der Waals surface area contributed by atoms with Gasteiger partial charge in [-0.3, -0.25) is 4.79 Å². The summed E-state index contributed by atoms with van der Waals surface area (Å²) in [5.41, 5.74) is 2.20. The molecule has 1 aliphatic heterocycles. The van der Waals surface area contributed by atoms with Gasteiger partial charge in [-0.2, -0.15) is 0 Å². The van der Waals surface area contributed by atoms with E-state index in [4.69, 9.17) is 4.74 Å². The lowest BCUT2D eigenvalue weighted by atomic mass is 10.1. The van der Waals surface area contributed by atoms with Gasteiger partial charge in [0.05, 0.1) is 12.8 Å². The topological polar surface area (TPSA) is 45.7 Å². The van der Waals surface area contributed by atoms with Crippen LogP contribution in [0.5, 0.6) is 5.75 Å². The first-order valence-electron chi connectivity index (χ1n) is 8.23. The Balaban J connectivity index is 1.48. The van der Waals surface area contributed by atoms with E-state index < -0.39 is 0 Å². The van der Waals surface area contributed by atoms with Crippen molar-refractivity contribution in [2.75, 3.05) is 38.2 Å². The number of benzene rings is 1. The van der Waals surface area contributed by atoms with E-state index in [9.17, 15) is 4.79 Å². The normalized spacial score (nSPS) is 14.8. The molecule has 6 heteroatoms.